The summed E-state index contributed by atoms with van der Waals surface area (Å²) in [6.07, 6.45) is 0.366. The minimum Gasteiger partial charge on any atom is -0.343 e. The molecule has 1 atom stereocenters. The first-order valence-electron chi connectivity index (χ1n) is 5.13. The van der Waals surface area contributed by atoms with Crippen molar-refractivity contribution in [3.63, 3.8) is 0 Å². The van der Waals surface area contributed by atoms with Crippen molar-refractivity contribution in [1.29, 1.82) is 0 Å². The van der Waals surface area contributed by atoms with Gasteiger partial charge in [-0.15, -0.1) is 0 Å². The maximum Gasteiger partial charge on any atom is 0.251 e. The molecular weight excluding hydrogens is 209 g/mol. The lowest BCUT2D eigenvalue weighted by Gasteiger charge is -2.11. The summed E-state index contributed by atoms with van der Waals surface area (Å²) in [6, 6.07) is 4.81. The van der Waals surface area contributed by atoms with E-state index in [4.69, 9.17) is 0 Å². The fraction of sp³-hybridized carbons (Fsp3) is 0.333. The lowest BCUT2D eigenvalue weighted by atomic mass is 10.1. The van der Waals surface area contributed by atoms with Crippen LogP contribution in [0.1, 0.15) is 30.6 Å². The molecule has 0 radical (unpaired) electrons. The second-order valence-electron chi connectivity index (χ2n) is 3.53. The molecule has 86 valence electrons. The summed E-state index contributed by atoms with van der Waals surface area (Å²) >= 11 is 0. The monoisotopic (exact) mass is 223 g/mol. The molecular formula is C12H14FNO2. The maximum absolute atomic E-state index is 12.8. The quantitative estimate of drug-likeness (QED) is 0.847. The van der Waals surface area contributed by atoms with E-state index in [0.29, 0.717) is 6.42 Å². The van der Waals surface area contributed by atoms with E-state index in [1.165, 1.54) is 18.2 Å². The zero-order valence-electron chi connectivity index (χ0n) is 9.29. The van der Waals surface area contributed by atoms with Gasteiger partial charge in [-0.25, -0.2) is 4.39 Å². The van der Waals surface area contributed by atoms with E-state index in [9.17, 15) is 14.0 Å². The Balaban J connectivity index is 2.69. The number of carbonyl (C=O) groups excluding carboxylic acids is 2. The summed E-state index contributed by atoms with van der Waals surface area (Å²) in [6.45, 7) is 3.34. The first-order valence-corrected chi connectivity index (χ1v) is 5.13. The predicted octanol–water partition coefficient (Wildman–Crippen LogP) is 1.92. The summed E-state index contributed by atoms with van der Waals surface area (Å²) in [5, 5.41) is 2.52. The number of hydrogen-bond acceptors (Lipinski definition) is 2. The fourth-order valence-electron chi connectivity index (χ4n) is 1.30. The summed E-state index contributed by atoms with van der Waals surface area (Å²) in [5.41, 5.74) is 0.218. The molecule has 1 unspecified atom stereocenters. The van der Waals surface area contributed by atoms with Gasteiger partial charge in [-0.1, -0.05) is 13.0 Å². The number of Topliss-reactive ketones (excluding diaryl/α,β-unsaturated/α-hetero) is 1. The van der Waals surface area contributed by atoms with Crippen molar-refractivity contribution >= 4 is 11.7 Å². The first kappa shape index (κ1) is 12.4. The molecule has 0 saturated carbocycles. The second kappa shape index (κ2) is 5.39. The lowest BCUT2D eigenvalue weighted by Crippen LogP contribution is -2.38. The van der Waals surface area contributed by atoms with Crippen molar-refractivity contribution in [1.82, 2.24) is 5.32 Å². The van der Waals surface area contributed by atoms with Gasteiger partial charge >= 0.3 is 0 Å². The third-order valence-electron chi connectivity index (χ3n) is 2.27. The van der Waals surface area contributed by atoms with Crippen LogP contribution in [-0.2, 0) is 4.79 Å². The highest BCUT2D eigenvalue weighted by molar-refractivity contribution is 5.97. The molecule has 1 aromatic carbocycles. The highest BCUT2D eigenvalue weighted by Gasteiger charge is 2.14. The smallest absolute Gasteiger partial charge is 0.251 e. The molecule has 0 heterocycles. The van der Waals surface area contributed by atoms with Gasteiger partial charge in [-0.2, -0.15) is 0 Å². The Labute approximate surface area is 93.7 Å². The summed E-state index contributed by atoms with van der Waals surface area (Å²) in [5.74, 6) is -0.958. The fourth-order valence-corrected chi connectivity index (χ4v) is 1.30. The number of ketones is 1. The van der Waals surface area contributed by atoms with Crippen LogP contribution < -0.4 is 5.32 Å². The van der Waals surface area contributed by atoms with Gasteiger partial charge < -0.3 is 5.32 Å². The number of nitrogens with one attached hydrogen (secondary N) is 1. The summed E-state index contributed by atoms with van der Waals surface area (Å²) in [4.78, 5) is 22.9. The molecule has 0 spiro atoms. The molecule has 0 aromatic heterocycles. The van der Waals surface area contributed by atoms with E-state index in [2.05, 4.69) is 5.32 Å². The third-order valence-corrected chi connectivity index (χ3v) is 2.27. The number of hydrogen-bond donors (Lipinski definition) is 1. The Morgan fingerprint density at radius 2 is 2.12 bits per heavy atom. The van der Waals surface area contributed by atoms with Crippen LogP contribution in [-0.4, -0.2) is 17.7 Å². The largest absolute Gasteiger partial charge is 0.343 e. The third kappa shape index (κ3) is 3.15. The van der Waals surface area contributed by atoms with Crippen molar-refractivity contribution in [2.45, 2.75) is 26.3 Å². The predicted molar refractivity (Wildman–Crippen MR) is 58.6 cm³/mol. The topological polar surface area (TPSA) is 46.2 Å². The van der Waals surface area contributed by atoms with Gasteiger partial charge in [0, 0.05) is 12.0 Å². The molecule has 0 aliphatic carbocycles. The van der Waals surface area contributed by atoms with E-state index in [0.717, 1.165) is 6.07 Å². The lowest BCUT2D eigenvalue weighted by molar-refractivity contribution is -0.120. The number of benzene rings is 1. The van der Waals surface area contributed by atoms with E-state index in [-0.39, 0.29) is 11.3 Å². The van der Waals surface area contributed by atoms with Crippen LogP contribution in [0.5, 0.6) is 0 Å². The molecule has 1 N–H and O–H groups in total. The average molecular weight is 223 g/mol. The van der Waals surface area contributed by atoms with Gasteiger partial charge in [0.05, 0.1) is 6.04 Å². The van der Waals surface area contributed by atoms with E-state index >= 15 is 0 Å². The molecule has 0 saturated heterocycles. The van der Waals surface area contributed by atoms with Crippen molar-refractivity contribution < 1.29 is 14.0 Å². The van der Waals surface area contributed by atoms with Crippen LogP contribution >= 0.6 is 0 Å². The minimum atomic E-state index is -0.541. The van der Waals surface area contributed by atoms with Gasteiger partial charge in [-0.05, 0) is 25.1 Å². The minimum absolute atomic E-state index is 0.0512. The molecule has 0 fully saturated rings. The molecule has 1 aromatic rings. The van der Waals surface area contributed by atoms with E-state index in [1.54, 1.807) is 13.8 Å². The standard InChI is InChI=1S/C12H14FNO2/c1-3-11(15)8(2)14-12(16)9-5-4-6-10(13)7-9/h4-8H,3H2,1-2H3,(H,14,16). The zero-order valence-corrected chi connectivity index (χ0v) is 9.29. The number of carbonyl (C=O) groups is 2. The Kier molecular flexibility index (Phi) is 4.17. The Hall–Kier alpha value is -1.71. The Bertz CT molecular complexity index is 404. The highest BCUT2D eigenvalue weighted by atomic mass is 19.1. The van der Waals surface area contributed by atoms with Crippen LogP contribution in [0.25, 0.3) is 0 Å². The molecule has 16 heavy (non-hydrogen) atoms. The Morgan fingerprint density at radius 3 is 2.69 bits per heavy atom. The molecule has 0 aliphatic rings. The van der Waals surface area contributed by atoms with Gasteiger partial charge in [0.1, 0.15) is 5.82 Å². The van der Waals surface area contributed by atoms with Gasteiger partial charge in [-0.3, -0.25) is 9.59 Å². The van der Waals surface area contributed by atoms with E-state index < -0.39 is 17.8 Å². The SMILES string of the molecule is CCC(=O)C(C)NC(=O)c1cccc(F)c1. The van der Waals surface area contributed by atoms with Crippen LogP contribution in [0.15, 0.2) is 24.3 Å². The second-order valence-corrected chi connectivity index (χ2v) is 3.53. The zero-order chi connectivity index (χ0) is 12.1. The van der Waals surface area contributed by atoms with Gasteiger partial charge in [0.2, 0.25) is 0 Å². The first-order chi connectivity index (χ1) is 7.54. The van der Waals surface area contributed by atoms with Gasteiger partial charge in [0.15, 0.2) is 5.78 Å². The van der Waals surface area contributed by atoms with Crippen molar-refractivity contribution in [2.24, 2.45) is 0 Å². The van der Waals surface area contributed by atoms with Crippen molar-refractivity contribution in [2.75, 3.05) is 0 Å². The molecule has 3 nitrogen and oxygen atoms in total. The number of amides is 1. The summed E-state index contributed by atoms with van der Waals surface area (Å²) < 4.78 is 12.8. The normalized spacial score (nSPS) is 11.9. The highest BCUT2D eigenvalue weighted by Crippen LogP contribution is 2.04. The molecule has 0 aliphatic heterocycles. The van der Waals surface area contributed by atoms with Crippen LogP contribution in [0.2, 0.25) is 0 Å². The van der Waals surface area contributed by atoms with Gasteiger partial charge in [0.25, 0.3) is 5.91 Å². The Morgan fingerprint density at radius 1 is 1.44 bits per heavy atom. The van der Waals surface area contributed by atoms with Crippen molar-refractivity contribution in [3.05, 3.63) is 35.6 Å². The molecule has 0 bridgehead atoms. The van der Waals surface area contributed by atoms with Crippen molar-refractivity contribution in [3.8, 4) is 0 Å². The summed E-state index contributed by atoms with van der Waals surface area (Å²) in [7, 11) is 0. The molecule has 1 amide bonds. The maximum atomic E-state index is 12.8. The number of halogens is 1. The van der Waals surface area contributed by atoms with E-state index in [1.807, 2.05) is 0 Å². The molecule has 1 rings (SSSR count). The average Bonchev–Trinajstić information content (AvgIpc) is 2.27. The number of rotatable bonds is 4. The van der Waals surface area contributed by atoms with Crippen LogP contribution in [0, 0.1) is 5.82 Å². The van der Waals surface area contributed by atoms with Crippen LogP contribution in [0.4, 0.5) is 4.39 Å². The molecule has 4 heteroatoms. The van der Waals surface area contributed by atoms with Crippen LogP contribution in [0.3, 0.4) is 0 Å².